The third-order valence-electron chi connectivity index (χ3n) is 4.74. The van der Waals surface area contributed by atoms with E-state index in [9.17, 15) is 4.79 Å². The van der Waals surface area contributed by atoms with Crippen molar-refractivity contribution in [3.05, 3.63) is 35.0 Å². The first-order chi connectivity index (χ1) is 12.5. The fraction of sp³-hybridized carbons (Fsp3) is 0.611. The Morgan fingerprint density at radius 1 is 1.42 bits per heavy atom. The smallest absolute Gasteiger partial charge is 0.222 e. The predicted octanol–water partition coefficient (Wildman–Crippen LogP) is 1.68. The Balaban J connectivity index is 1.51. The number of ether oxygens (including phenoxy) is 2. The molecule has 1 amide bonds. The first-order valence-corrected chi connectivity index (χ1v) is 8.93. The number of hydrogen-bond donors (Lipinski definition) is 1. The number of hydrogen-bond acceptors (Lipinski definition) is 6. The summed E-state index contributed by atoms with van der Waals surface area (Å²) in [6.45, 7) is 7.81. The molecule has 1 aliphatic heterocycles. The lowest BCUT2D eigenvalue weighted by atomic mass is 10.1. The molecular formula is C18H26N4O4. The number of aryl methyl sites for hydroxylation is 4. The standard InChI is InChI=1S/C18H26N4O4/c1-12-4-7-19-22(12)8-5-18(23)20-16-11-24-9-6-17(16)25-10-15-13(2)21-26-14(15)3/h4,7,16-17H,5-6,8-11H2,1-3H3,(H,20,23)/t16-,17+/m1/s1. The Kier molecular flexibility index (Phi) is 6.05. The number of rotatable bonds is 7. The summed E-state index contributed by atoms with van der Waals surface area (Å²) in [5.41, 5.74) is 2.85. The van der Waals surface area contributed by atoms with Gasteiger partial charge in [0.25, 0.3) is 0 Å². The molecule has 3 heterocycles. The van der Waals surface area contributed by atoms with Crippen molar-refractivity contribution in [2.75, 3.05) is 13.2 Å². The van der Waals surface area contributed by atoms with E-state index in [1.165, 1.54) is 0 Å². The van der Waals surface area contributed by atoms with Crippen molar-refractivity contribution in [2.24, 2.45) is 0 Å². The van der Waals surface area contributed by atoms with Crippen LogP contribution >= 0.6 is 0 Å². The quantitative estimate of drug-likeness (QED) is 0.806. The van der Waals surface area contributed by atoms with Gasteiger partial charge in [-0.15, -0.1) is 0 Å². The summed E-state index contributed by atoms with van der Waals surface area (Å²) in [5.74, 6) is 0.742. The summed E-state index contributed by atoms with van der Waals surface area (Å²) in [5, 5.41) is 11.2. The van der Waals surface area contributed by atoms with Gasteiger partial charge in [-0.2, -0.15) is 5.10 Å². The van der Waals surface area contributed by atoms with Crippen LogP contribution in [0.4, 0.5) is 0 Å². The van der Waals surface area contributed by atoms with Gasteiger partial charge in [0.05, 0.1) is 31.1 Å². The summed E-state index contributed by atoms with van der Waals surface area (Å²) in [7, 11) is 0. The van der Waals surface area contributed by atoms with E-state index in [0.717, 1.165) is 29.1 Å². The molecule has 3 rings (SSSR count). The second-order valence-electron chi connectivity index (χ2n) is 6.64. The van der Waals surface area contributed by atoms with E-state index in [1.807, 2.05) is 31.5 Å². The van der Waals surface area contributed by atoms with Crippen LogP contribution in [0.5, 0.6) is 0 Å². The molecule has 1 aliphatic rings. The first kappa shape index (κ1) is 18.6. The van der Waals surface area contributed by atoms with E-state index in [-0.39, 0.29) is 18.1 Å². The number of nitrogens with zero attached hydrogens (tertiary/aromatic N) is 3. The van der Waals surface area contributed by atoms with Gasteiger partial charge in [-0.05, 0) is 33.3 Å². The van der Waals surface area contributed by atoms with Gasteiger partial charge in [0.2, 0.25) is 5.91 Å². The van der Waals surface area contributed by atoms with Crippen molar-refractivity contribution in [3.8, 4) is 0 Å². The minimum absolute atomic E-state index is 0.0265. The average Bonchev–Trinajstić information content (AvgIpc) is 3.18. The number of aromatic nitrogens is 3. The van der Waals surface area contributed by atoms with E-state index in [1.54, 1.807) is 6.20 Å². The van der Waals surface area contributed by atoms with Gasteiger partial charge in [-0.25, -0.2) is 0 Å². The molecule has 1 saturated heterocycles. The molecule has 0 radical (unpaired) electrons. The highest BCUT2D eigenvalue weighted by Crippen LogP contribution is 2.18. The highest BCUT2D eigenvalue weighted by molar-refractivity contribution is 5.76. The van der Waals surface area contributed by atoms with Crippen LogP contribution in [0.15, 0.2) is 16.8 Å². The Labute approximate surface area is 152 Å². The second kappa shape index (κ2) is 8.46. The molecule has 1 fully saturated rings. The Morgan fingerprint density at radius 3 is 2.96 bits per heavy atom. The summed E-state index contributed by atoms with van der Waals surface area (Å²) >= 11 is 0. The minimum atomic E-state index is -0.157. The van der Waals surface area contributed by atoms with Crippen molar-refractivity contribution in [1.29, 1.82) is 0 Å². The molecule has 2 aromatic heterocycles. The summed E-state index contributed by atoms with van der Waals surface area (Å²) in [6, 6.07) is 1.77. The second-order valence-corrected chi connectivity index (χ2v) is 6.64. The molecule has 2 atom stereocenters. The molecule has 8 heteroatoms. The van der Waals surface area contributed by atoms with Gasteiger partial charge in [0.1, 0.15) is 5.76 Å². The topological polar surface area (TPSA) is 91.4 Å². The monoisotopic (exact) mass is 362 g/mol. The summed E-state index contributed by atoms with van der Waals surface area (Å²) in [6.07, 6.45) is 2.76. The molecule has 26 heavy (non-hydrogen) atoms. The Hall–Kier alpha value is -2.19. The zero-order chi connectivity index (χ0) is 18.5. The fourth-order valence-corrected chi connectivity index (χ4v) is 3.07. The molecule has 0 saturated carbocycles. The van der Waals surface area contributed by atoms with Gasteiger partial charge in [0.15, 0.2) is 0 Å². The number of carbonyl (C=O) groups is 1. The van der Waals surface area contributed by atoms with Crippen LogP contribution in [0.25, 0.3) is 0 Å². The van der Waals surface area contributed by atoms with Crippen LogP contribution in [0.1, 0.15) is 35.6 Å². The maximum Gasteiger partial charge on any atom is 0.222 e. The zero-order valence-electron chi connectivity index (χ0n) is 15.5. The van der Waals surface area contributed by atoms with E-state index in [0.29, 0.717) is 32.8 Å². The lowest BCUT2D eigenvalue weighted by Crippen LogP contribution is -2.50. The van der Waals surface area contributed by atoms with Crippen molar-refractivity contribution in [1.82, 2.24) is 20.3 Å². The SMILES string of the molecule is Cc1noc(C)c1CO[C@H]1CCOC[C@H]1NC(=O)CCn1nccc1C. The minimum Gasteiger partial charge on any atom is -0.379 e. The lowest BCUT2D eigenvalue weighted by molar-refractivity contribution is -0.126. The molecule has 142 valence electrons. The number of carbonyl (C=O) groups excluding carboxylic acids is 1. The van der Waals surface area contributed by atoms with Crippen molar-refractivity contribution in [3.63, 3.8) is 0 Å². The van der Waals surface area contributed by atoms with Crippen LogP contribution in [0, 0.1) is 20.8 Å². The highest BCUT2D eigenvalue weighted by Gasteiger charge is 2.28. The Morgan fingerprint density at radius 2 is 2.27 bits per heavy atom. The van der Waals surface area contributed by atoms with E-state index in [2.05, 4.69) is 15.6 Å². The van der Waals surface area contributed by atoms with Gasteiger partial charge in [0, 0.05) is 37.0 Å². The largest absolute Gasteiger partial charge is 0.379 e. The first-order valence-electron chi connectivity index (χ1n) is 8.93. The van der Waals surface area contributed by atoms with Crippen LogP contribution in [0.2, 0.25) is 0 Å². The van der Waals surface area contributed by atoms with Crippen LogP contribution in [0.3, 0.4) is 0 Å². The number of nitrogens with one attached hydrogen (secondary N) is 1. The van der Waals surface area contributed by atoms with Crippen LogP contribution in [-0.2, 0) is 27.4 Å². The van der Waals surface area contributed by atoms with Crippen molar-refractivity contribution >= 4 is 5.91 Å². The molecular weight excluding hydrogens is 336 g/mol. The van der Waals surface area contributed by atoms with E-state index in [4.69, 9.17) is 14.0 Å². The molecule has 1 N–H and O–H groups in total. The molecule has 8 nitrogen and oxygen atoms in total. The number of amides is 1. The molecule has 2 aromatic rings. The van der Waals surface area contributed by atoms with E-state index >= 15 is 0 Å². The fourth-order valence-electron chi connectivity index (χ4n) is 3.07. The molecule has 0 aromatic carbocycles. The van der Waals surface area contributed by atoms with Crippen molar-refractivity contribution < 1.29 is 18.8 Å². The Bertz CT molecular complexity index is 720. The van der Waals surface area contributed by atoms with Gasteiger partial charge in [-0.1, -0.05) is 5.16 Å². The molecule has 0 unspecified atom stereocenters. The zero-order valence-corrected chi connectivity index (χ0v) is 15.5. The average molecular weight is 362 g/mol. The molecule has 0 spiro atoms. The van der Waals surface area contributed by atoms with Gasteiger partial charge >= 0.3 is 0 Å². The highest BCUT2D eigenvalue weighted by atomic mass is 16.5. The van der Waals surface area contributed by atoms with Crippen molar-refractivity contribution in [2.45, 2.75) is 58.9 Å². The maximum atomic E-state index is 12.3. The van der Waals surface area contributed by atoms with Crippen LogP contribution < -0.4 is 5.32 Å². The van der Waals surface area contributed by atoms with Crippen LogP contribution in [-0.4, -0.2) is 46.2 Å². The normalized spacial score (nSPS) is 20.3. The summed E-state index contributed by atoms with van der Waals surface area (Å²) in [4.78, 5) is 12.3. The maximum absolute atomic E-state index is 12.3. The van der Waals surface area contributed by atoms with E-state index < -0.39 is 0 Å². The van der Waals surface area contributed by atoms with Gasteiger partial charge in [-0.3, -0.25) is 9.48 Å². The van der Waals surface area contributed by atoms with Gasteiger partial charge < -0.3 is 19.3 Å². The third-order valence-corrected chi connectivity index (χ3v) is 4.74. The molecule has 0 bridgehead atoms. The molecule has 0 aliphatic carbocycles. The predicted molar refractivity (Wildman–Crippen MR) is 93.5 cm³/mol. The lowest BCUT2D eigenvalue weighted by Gasteiger charge is -2.32. The summed E-state index contributed by atoms with van der Waals surface area (Å²) < 4.78 is 18.6. The third kappa shape index (κ3) is 4.50.